The highest BCUT2D eigenvalue weighted by Crippen LogP contribution is 2.22. The Balaban J connectivity index is 1.52. The molecule has 0 bridgehead atoms. The molecule has 0 spiro atoms. The minimum Gasteiger partial charge on any atom is -0.369 e. The van der Waals surface area contributed by atoms with Crippen molar-refractivity contribution in [2.75, 3.05) is 49.1 Å². The van der Waals surface area contributed by atoms with Gasteiger partial charge in [0.1, 0.15) is 0 Å². The summed E-state index contributed by atoms with van der Waals surface area (Å²) in [6, 6.07) is 17.1. The van der Waals surface area contributed by atoms with Gasteiger partial charge in [0.2, 0.25) is 5.43 Å². The maximum Gasteiger partial charge on any atom is 0.206 e. The standard InChI is InChI=1S/C26H35N3O/c1-21(2)22-11-12-23(26(30)25(19-22)29-13-7-4-8-14-29)20-27-15-17-28(18-16-27)24-9-5-3-6-10-24/h3,5-6,9-12,19,21H,4,7-8,13-18,20H2,1-2H3. The summed E-state index contributed by atoms with van der Waals surface area (Å²) in [6.45, 7) is 11.2. The van der Waals surface area contributed by atoms with Crippen LogP contribution >= 0.6 is 0 Å². The Hall–Kier alpha value is -2.33. The third kappa shape index (κ3) is 4.86. The molecule has 160 valence electrons. The van der Waals surface area contributed by atoms with Gasteiger partial charge in [0.25, 0.3) is 0 Å². The van der Waals surface area contributed by atoms with E-state index in [0.29, 0.717) is 5.92 Å². The van der Waals surface area contributed by atoms with E-state index >= 15 is 0 Å². The molecule has 30 heavy (non-hydrogen) atoms. The number of para-hydroxylation sites is 1. The van der Waals surface area contributed by atoms with Crippen molar-refractivity contribution in [3.8, 4) is 0 Å². The van der Waals surface area contributed by atoms with E-state index in [-0.39, 0.29) is 5.43 Å². The normalized spacial score (nSPS) is 18.1. The predicted octanol–water partition coefficient (Wildman–Crippen LogP) is 4.48. The Kier molecular flexibility index (Phi) is 6.73. The Bertz CT molecular complexity index is 882. The van der Waals surface area contributed by atoms with Crippen LogP contribution in [-0.2, 0) is 6.54 Å². The fraction of sp³-hybridized carbons (Fsp3) is 0.500. The third-order valence-corrected chi connectivity index (χ3v) is 6.56. The lowest BCUT2D eigenvalue weighted by Gasteiger charge is -2.36. The number of rotatable bonds is 5. The quantitative estimate of drug-likeness (QED) is 0.733. The summed E-state index contributed by atoms with van der Waals surface area (Å²) in [5, 5.41) is 0. The first-order chi connectivity index (χ1) is 14.6. The molecule has 0 amide bonds. The molecule has 2 aliphatic rings. The number of anilines is 2. The fourth-order valence-electron chi connectivity index (χ4n) is 4.61. The summed E-state index contributed by atoms with van der Waals surface area (Å²) in [7, 11) is 0. The highest BCUT2D eigenvalue weighted by molar-refractivity contribution is 5.51. The minimum atomic E-state index is 0.231. The van der Waals surface area contributed by atoms with E-state index in [4.69, 9.17) is 0 Å². The Morgan fingerprint density at radius 3 is 2.17 bits per heavy atom. The monoisotopic (exact) mass is 405 g/mol. The van der Waals surface area contributed by atoms with E-state index in [1.54, 1.807) is 0 Å². The van der Waals surface area contributed by atoms with E-state index in [1.807, 2.05) is 0 Å². The Morgan fingerprint density at radius 1 is 0.800 bits per heavy atom. The van der Waals surface area contributed by atoms with Gasteiger partial charge in [-0.25, -0.2) is 0 Å². The molecule has 0 atom stereocenters. The first kappa shape index (κ1) is 20.9. The topological polar surface area (TPSA) is 26.8 Å². The van der Waals surface area contributed by atoms with Crippen molar-refractivity contribution in [1.29, 1.82) is 0 Å². The van der Waals surface area contributed by atoms with Gasteiger partial charge in [-0.05, 0) is 48.9 Å². The van der Waals surface area contributed by atoms with Gasteiger partial charge in [-0.3, -0.25) is 9.69 Å². The third-order valence-electron chi connectivity index (χ3n) is 6.56. The van der Waals surface area contributed by atoms with Crippen LogP contribution in [0.1, 0.15) is 50.2 Å². The molecule has 0 radical (unpaired) electrons. The van der Waals surface area contributed by atoms with E-state index in [9.17, 15) is 4.79 Å². The van der Waals surface area contributed by atoms with Crippen LogP contribution in [0.4, 0.5) is 11.4 Å². The lowest BCUT2D eigenvalue weighted by Crippen LogP contribution is -2.46. The van der Waals surface area contributed by atoms with Crippen LogP contribution in [0, 0.1) is 0 Å². The summed E-state index contributed by atoms with van der Waals surface area (Å²) >= 11 is 0. The van der Waals surface area contributed by atoms with Gasteiger partial charge in [0, 0.05) is 57.1 Å². The Morgan fingerprint density at radius 2 is 1.50 bits per heavy atom. The van der Waals surface area contributed by atoms with Crippen molar-refractivity contribution in [3.05, 3.63) is 69.9 Å². The number of hydrogen-bond donors (Lipinski definition) is 0. The van der Waals surface area contributed by atoms with Crippen molar-refractivity contribution in [2.45, 2.75) is 45.6 Å². The van der Waals surface area contributed by atoms with Crippen LogP contribution < -0.4 is 15.2 Å². The summed E-state index contributed by atoms with van der Waals surface area (Å²) in [5.74, 6) is 0.419. The van der Waals surface area contributed by atoms with E-state index in [1.165, 1.54) is 30.5 Å². The maximum absolute atomic E-state index is 13.5. The molecule has 2 aromatic carbocycles. The number of benzene rings is 1. The first-order valence-electron chi connectivity index (χ1n) is 11.6. The predicted molar refractivity (Wildman–Crippen MR) is 127 cm³/mol. The smallest absolute Gasteiger partial charge is 0.206 e. The molecule has 2 aliphatic heterocycles. The molecule has 0 aliphatic carbocycles. The van der Waals surface area contributed by atoms with Gasteiger partial charge in [0.15, 0.2) is 0 Å². The molecule has 2 aromatic rings. The van der Waals surface area contributed by atoms with Crippen molar-refractivity contribution in [2.24, 2.45) is 0 Å². The zero-order chi connectivity index (χ0) is 20.9. The molecular weight excluding hydrogens is 370 g/mol. The molecule has 0 unspecified atom stereocenters. The van der Waals surface area contributed by atoms with Crippen molar-refractivity contribution in [1.82, 2.24) is 4.90 Å². The van der Waals surface area contributed by atoms with E-state index in [0.717, 1.165) is 57.1 Å². The summed E-state index contributed by atoms with van der Waals surface area (Å²) in [4.78, 5) is 20.7. The minimum absolute atomic E-state index is 0.231. The van der Waals surface area contributed by atoms with Gasteiger partial charge >= 0.3 is 0 Å². The zero-order valence-corrected chi connectivity index (χ0v) is 18.5. The van der Waals surface area contributed by atoms with Crippen LogP contribution in [0.25, 0.3) is 0 Å². The fourth-order valence-corrected chi connectivity index (χ4v) is 4.61. The molecule has 0 aromatic heterocycles. The summed E-state index contributed by atoms with van der Waals surface area (Å²) in [6.07, 6.45) is 3.65. The molecule has 4 heteroatoms. The SMILES string of the molecule is CC(C)c1ccc(CN2CCN(c3ccccc3)CC2)c(=O)c(N2CCCCC2)c1. The van der Waals surface area contributed by atoms with Crippen LogP contribution in [-0.4, -0.2) is 44.2 Å². The van der Waals surface area contributed by atoms with Crippen LogP contribution in [0.15, 0.2) is 53.3 Å². The highest BCUT2D eigenvalue weighted by Gasteiger charge is 2.20. The van der Waals surface area contributed by atoms with Gasteiger partial charge in [-0.15, -0.1) is 0 Å². The van der Waals surface area contributed by atoms with Gasteiger partial charge < -0.3 is 9.80 Å². The first-order valence-corrected chi connectivity index (χ1v) is 11.6. The summed E-state index contributed by atoms with van der Waals surface area (Å²) < 4.78 is 0. The van der Waals surface area contributed by atoms with Crippen LogP contribution in [0.3, 0.4) is 0 Å². The number of hydrogen-bond acceptors (Lipinski definition) is 4. The molecule has 0 N–H and O–H groups in total. The van der Waals surface area contributed by atoms with Gasteiger partial charge in [0.05, 0.1) is 5.69 Å². The van der Waals surface area contributed by atoms with Crippen LogP contribution in [0.2, 0.25) is 0 Å². The van der Waals surface area contributed by atoms with Crippen molar-refractivity contribution in [3.63, 3.8) is 0 Å². The average Bonchev–Trinajstić information content (AvgIpc) is 2.95. The molecule has 4 nitrogen and oxygen atoms in total. The Labute approximate surface area is 181 Å². The highest BCUT2D eigenvalue weighted by atomic mass is 16.1. The largest absolute Gasteiger partial charge is 0.369 e. The van der Waals surface area contributed by atoms with Gasteiger partial charge in [-0.2, -0.15) is 0 Å². The second-order valence-electron chi connectivity index (χ2n) is 9.02. The molecule has 2 fully saturated rings. The second kappa shape index (κ2) is 9.65. The summed E-state index contributed by atoms with van der Waals surface area (Å²) in [5.41, 5.74) is 4.64. The van der Waals surface area contributed by atoms with Gasteiger partial charge in [-0.1, -0.05) is 44.2 Å². The van der Waals surface area contributed by atoms with Crippen molar-refractivity contribution < 1.29 is 0 Å². The molecule has 4 rings (SSSR count). The molecular formula is C26H35N3O. The lowest BCUT2D eigenvalue weighted by atomic mass is 10.0. The number of piperazine rings is 1. The lowest BCUT2D eigenvalue weighted by molar-refractivity contribution is 0.249. The molecule has 2 heterocycles. The number of piperidine rings is 1. The van der Waals surface area contributed by atoms with E-state index in [2.05, 4.69) is 77.1 Å². The van der Waals surface area contributed by atoms with E-state index < -0.39 is 0 Å². The average molecular weight is 406 g/mol. The van der Waals surface area contributed by atoms with Crippen LogP contribution in [0.5, 0.6) is 0 Å². The molecule has 0 saturated carbocycles. The maximum atomic E-state index is 13.5. The van der Waals surface area contributed by atoms with Crippen molar-refractivity contribution >= 4 is 11.4 Å². The molecule has 2 saturated heterocycles. The number of nitrogens with zero attached hydrogens (tertiary/aromatic N) is 3. The zero-order valence-electron chi connectivity index (χ0n) is 18.5. The second-order valence-corrected chi connectivity index (χ2v) is 9.02.